The van der Waals surface area contributed by atoms with Crippen molar-refractivity contribution in [3.63, 3.8) is 0 Å². The van der Waals surface area contributed by atoms with Crippen LogP contribution in [0.25, 0.3) is 0 Å². The van der Waals surface area contributed by atoms with Crippen molar-refractivity contribution in [1.29, 1.82) is 0 Å². The van der Waals surface area contributed by atoms with Gasteiger partial charge in [0.15, 0.2) is 0 Å². The van der Waals surface area contributed by atoms with E-state index < -0.39 is 12.2 Å². The highest BCUT2D eigenvalue weighted by atomic mass is 32.2. The lowest BCUT2D eigenvalue weighted by Gasteiger charge is -2.01. The Kier molecular flexibility index (Phi) is 3.98. The number of pyridine rings is 1. The van der Waals surface area contributed by atoms with Crippen molar-refractivity contribution in [2.75, 3.05) is 6.26 Å². The van der Waals surface area contributed by atoms with E-state index in [4.69, 9.17) is 0 Å². The number of aromatic nitrogens is 4. The number of nitrogens with zero attached hydrogens (tertiary/aromatic N) is 5. The smallest absolute Gasteiger partial charge is 0.264 e. The molecule has 0 fully saturated rings. The molecule has 0 unspecified atom stereocenters. The van der Waals surface area contributed by atoms with E-state index in [2.05, 4.69) is 20.3 Å². The second-order valence-corrected chi connectivity index (χ2v) is 3.96. The summed E-state index contributed by atoms with van der Waals surface area (Å²) in [5, 5.41) is 11.3. The van der Waals surface area contributed by atoms with Crippen molar-refractivity contribution in [2.45, 2.75) is 11.6 Å². The molecule has 0 spiro atoms. The van der Waals surface area contributed by atoms with E-state index in [0.29, 0.717) is 10.7 Å². The molecule has 0 bridgehead atoms. The first kappa shape index (κ1) is 12.6. The van der Waals surface area contributed by atoms with Gasteiger partial charge in [-0.05, 0) is 12.3 Å². The molecule has 2 aromatic heterocycles. The number of thioether (sulfide) groups is 1. The highest BCUT2D eigenvalue weighted by molar-refractivity contribution is 7.98. The van der Waals surface area contributed by atoms with Gasteiger partial charge in [0.2, 0.25) is 11.0 Å². The van der Waals surface area contributed by atoms with Gasteiger partial charge < -0.3 is 0 Å². The molecule has 5 nitrogen and oxygen atoms in total. The van der Waals surface area contributed by atoms with Gasteiger partial charge in [0.25, 0.3) is 6.43 Å². The molecule has 0 atom stereocenters. The molecule has 0 aliphatic heterocycles. The van der Waals surface area contributed by atoms with Crippen LogP contribution in [0.1, 0.15) is 17.8 Å². The van der Waals surface area contributed by atoms with Gasteiger partial charge in [-0.3, -0.25) is 4.98 Å². The molecule has 0 aliphatic rings. The molecule has 0 amide bonds. The molecule has 2 rings (SSSR count). The van der Waals surface area contributed by atoms with Crippen LogP contribution in [0, 0.1) is 0 Å². The maximum absolute atomic E-state index is 12.7. The molecular weight excluding hydrogens is 260 g/mol. The molecular formula is C10H9F2N5S. The van der Waals surface area contributed by atoms with E-state index in [1.54, 1.807) is 30.8 Å². The van der Waals surface area contributed by atoms with Crippen LogP contribution < -0.4 is 0 Å². The van der Waals surface area contributed by atoms with Gasteiger partial charge in [0, 0.05) is 18.0 Å². The largest absolute Gasteiger partial charge is 0.299 e. The van der Waals surface area contributed by atoms with E-state index in [1.807, 2.05) is 0 Å². The normalized spacial score (nSPS) is 11.6. The Labute approximate surface area is 106 Å². The molecule has 0 saturated heterocycles. The Bertz CT molecular complexity index is 540. The fourth-order valence-corrected chi connectivity index (χ4v) is 1.66. The van der Waals surface area contributed by atoms with Crippen LogP contribution in [0.3, 0.4) is 0 Å². The van der Waals surface area contributed by atoms with Gasteiger partial charge in [-0.15, -0.1) is 10.2 Å². The van der Waals surface area contributed by atoms with Crippen molar-refractivity contribution < 1.29 is 8.78 Å². The van der Waals surface area contributed by atoms with Gasteiger partial charge in [-0.25, -0.2) is 8.78 Å². The summed E-state index contributed by atoms with van der Waals surface area (Å²) < 4.78 is 26.4. The molecule has 18 heavy (non-hydrogen) atoms. The third-order valence-electron chi connectivity index (χ3n) is 2.02. The summed E-state index contributed by atoms with van der Waals surface area (Å²) in [5.41, 5.74) is 0.707. The standard InChI is InChI=1S/C10H9F2N5S/c1-18-10-16-15-9(8(11)12)17(10)14-6-7-3-2-4-13-5-7/h2-6,8H,1H3. The second kappa shape index (κ2) is 5.67. The lowest BCUT2D eigenvalue weighted by molar-refractivity contribution is 0.135. The highest BCUT2D eigenvalue weighted by Crippen LogP contribution is 2.21. The molecule has 8 heteroatoms. The minimum Gasteiger partial charge on any atom is -0.264 e. The quantitative estimate of drug-likeness (QED) is 0.631. The first-order valence-corrected chi connectivity index (χ1v) is 6.16. The van der Waals surface area contributed by atoms with E-state index >= 15 is 0 Å². The van der Waals surface area contributed by atoms with Crippen LogP contribution in [0.15, 0.2) is 34.8 Å². The first-order valence-electron chi connectivity index (χ1n) is 4.94. The summed E-state index contributed by atoms with van der Waals surface area (Å²) in [6, 6.07) is 3.50. The van der Waals surface area contributed by atoms with E-state index in [-0.39, 0.29) is 0 Å². The summed E-state index contributed by atoms with van der Waals surface area (Å²) in [6.45, 7) is 0. The van der Waals surface area contributed by atoms with Crippen molar-refractivity contribution >= 4 is 18.0 Å². The van der Waals surface area contributed by atoms with Gasteiger partial charge in [0.05, 0.1) is 6.21 Å². The number of hydrogen-bond acceptors (Lipinski definition) is 5. The Balaban J connectivity index is 2.33. The fraction of sp³-hybridized carbons (Fsp3) is 0.200. The molecule has 94 valence electrons. The van der Waals surface area contributed by atoms with Gasteiger partial charge in [-0.1, -0.05) is 17.8 Å². The Hall–Kier alpha value is -1.83. The predicted molar refractivity (Wildman–Crippen MR) is 64.0 cm³/mol. The molecule has 2 aromatic rings. The SMILES string of the molecule is CSc1nnc(C(F)F)n1N=Cc1cccnc1. The van der Waals surface area contributed by atoms with Crippen LogP contribution in [-0.4, -0.2) is 32.3 Å². The Morgan fingerprint density at radius 1 is 1.44 bits per heavy atom. The van der Waals surface area contributed by atoms with Crippen molar-refractivity contribution in [2.24, 2.45) is 5.10 Å². The average molecular weight is 269 g/mol. The van der Waals surface area contributed by atoms with E-state index in [0.717, 1.165) is 4.68 Å². The van der Waals surface area contributed by atoms with Crippen LogP contribution in [-0.2, 0) is 0 Å². The Morgan fingerprint density at radius 2 is 2.28 bits per heavy atom. The van der Waals surface area contributed by atoms with E-state index in [9.17, 15) is 8.78 Å². The predicted octanol–water partition coefficient (Wildman–Crippen LogP) is 2.21. The summed E-state index contributed by atoms with van der Waals surface area (Å²) in [4.78, 5) is 3.90. The average Bonchev–Trinajstić information content (AvgIpc) is 2.80. The number of rotatable bonds is 4. The molecule has 0 aromatic carbocycles. The van der Waals surface area contributed by atoms with Crippen LogP contribution >= 0.6 is 11.8 Å². The monoisotopic (exact) mass is 269 g/mol. The zero-order valence-corrected chi connectivity index (χ0v) is 10.2. The van der Waals surface area contributed by atoms with Crippen LogP contribution in [0.5, 0.6) is 0 Å². The molecule has 0 saturated carbocycles. The topological polar surface area (TPSA) is 56.0 Å². The van der Waals surface area contributed by atoms with Crippen molar-refractivity contribution in [3.8, 4) is 0 Å². The van der Waals surface area contributed by atoms with Crippen LogP contribution in [0.2, 0.25) is 0 Å². The maximum Gasteiger partial charge on any atom is 0.299 e. The minimum absolute atomic E-state index is 0.311. The number of halogens is 2. The second-order valence-electron chi connectivity index (χ2n) is 3.19. The minimum atomic E-state index is -2.72. The van der Waals surface area contributed by atoms with Crippen molar-refractivity contribution in [3.05, 3.63) is 35.9 Å². The van der Waals surface area contributed by atoms with Gasteiger partial charge >= 0.3 is 0 Å². The molecule has 2 heterocycles. The zero-order chi connectivity index (χ0) is 13.0. The van der Waals surface area contributed by atoms with Gasteiger partial charge in [-0.2, -0.15) is 9.78 Å². The summed E-state index contributed by atoms with van der Waals surface area (Å²) in [7, 11) is 0. The molecule has 0 N–H and O–H groups in total. The van der Waals surface area contributed by atoms with Gasteiger partial charge in [0.1, 0.15) is 0 Å². The summed E-state index contributed by atoms with van der Waals surface area (Å²) in [6.07, 6.45) is 3.63. The third-order valence-corrected chi connectivity index (χ3v) is 2.64. The summed E-state index contributed by atoms with van der Waals surface area (Å²) >= 11 is 1.20. The number of alkyl halides is 2. The highest BCUT2D eigenvalue weighted by Gasteiger charge is 2.19. The first-order chi connectivity index (χ1) is 8.72. The molecule has 0 radical (unpaired) electrons. The third kappa shape index (κ3) is 2.70. The van der Waals surface area contributed by atoms with Crippen molar-refractivity contribution in [1.82, 2.24) is 19.9 Å². The summed E-state index contributed by atoms with van der Waals surface area (Å²) in [5.74, 6) is -0.473. The lowest BCUT2D eigenvalue weighted by Crippen LogP contribution is -2.00. The van der Waals surface area contributed by atoms with Crippen LogP contribution in [0.4, 0.5) is 8.78 Å². The maximum atomic E-state index is 12.7. The molecule has 0 aliphatic carbocycles. The zero-order valence-electron chi connectivity index (χ0n) is 9.36. The van der Waals surface area contributed by atoms with E-state index in [1.165, 1.54) is 18.0 Å². The Morgan fingerprint density at radius 3 is 2.89 bits per heavy atom. The fourth-order valence-electron chi connectivity index (χ4n) is 1.23. The number of hydrogen-bond donors (Lipinski definition) is 0. The lowest BCUT2D eigenvalue weighted by atomic mass is 10.3.